The van der Waals surface area contributed by atoms with Crippen LogP contribution in [0.5, 0.6) is 0 Å². The van der Waals surface area contributed by atoms with E-state index in [0.717, 1.165) is 35.4 Å². The largest absolute Gasteiger partial charge is 0.481 e. The minimum absolute atomic E-state index is 0.0210. The van der Waals surface area contributed by atoms with E-state index in [2.05, 4.69) is 11.8 Å². The van der Waals surface area contributed by atoms with E-state index in [1.807, 2.05) is 42.7 Å². The van der Waals surface area contributed by atoms with Gasteiger partial charge in [-0.1, -0.05) is 38.0 Å². The van der Waals surface area contributed by atoms with Crippen LogP contribution in [0, 0.1) is 0 Å². The number of sulfonamides is 1. The molecule has 0 saturated heterocycles. The SMILES string of the molecule is CCCC[C@H]1CN(c2ccccc2)c2cc(SC)c(CSCC(=O)O)cc2S(=O)(=O)N1C. The van der Waals surface area contributed by atoms with Gasteiger partial charge >= 0.3 is 5.97 Å². The lowest BCUT2D eigenvalue weighted by Gasteiger charge is -2.29. The Morgan fingerprint density at radius 1 is 1.22 bits per heavy atom. The smallest absolute Gasteiger partial charge is 0.313 e. The van der Waals surface area contributed by atoms with Crippen LogP contribution in [0.2, 0.25) is 0 Å². The number of anilines is 2. The van der Waals surface area contributed by atoms with Gasteiger partial charge in [-0.2, -0.15) is 4.31 Å². The minimum Gasteiger partial charge on any atom is -0.481 e. The highest BCUT2D eigenvalue weighted by Gasteiger charge is 2.37. The highest BCUT2D eigenvalue weighted by atomic mass is 32.2. The van der Waals surface area contributed by atoms with Crippen LogP contribution in [0.15, 0.2) is 52.3 Å². The number of benzene rings is 2. The van der Waals surface area contributed by atoms with Gasteiger partial charge < -0.3 is 10.0 Å². The molecule has 0 unspecified atom stereocenters. The molecule has 174 valence electrons. The average Bonchev–Trinajstić information content (AvgIpc) is 2.86. The van der Waals surface area contributed by atoms with Crippen molar-refractivity contribution < 1.29 is 18.3 Å². The van der Waals surface area contributed by atoms with Gasteiger partial charge in [0.2, 0.25) is 10.0 Å². The lowest BCUT2D eigenvalue weighted by atomic mass is 10.1. The van der Waals surface area contributed by atoms with Gasteiger partial charge in [0.1, 0.15) is 4.90 Å². The zero-order valence-electron chi connectivity index (χ0n) is 18.7. The molecule has 0 spiro atoms. The molecule has 0 fully saturated rings. The third-order valence-corrected chi connectivity index (χ3v) is 9.38. The van der Waals surface area contributed by atoms with E-state index in [0.29, 0.717) is 18.0 Å². The Morgan fingerprint density at radius 2 is 1.94 bits per heavy atom. The highest BCUT2D eigenvalue weighted by molar-refractivity contribution is 7.99. The Hall–Kier alpha value is -1.68. The normalized spacial score (nSPS) is 18.2. The predicted octanol–water partition coefficient (Wildman–Crippen LogP) is 5.06. The van der Waals surface area contributed by atoms with Crippen LogP contribution < -0.4 is 4.90 Å². The van der Waals surface area contributed by atoms with Crippen molar-refractivity contribution in [3.63, 3.8) is 0 Å². The second-order valence-corrected chi connectivity index (χ2v) is 11.6. The van der Waals surface area contributed by atoms with Crippen LogP contribution in [0.3, 0.4) is 0 Å². The van der Waals surface area contributed by atoms with Crippen molar-refractivity contribution in [3.05, 3.63) is 48.0 Å². The van der Waals surface area contributed by atoms with Crippen LogP contribution in [-0.4, -0.2) is 55.4 Å². The molecule has 6 nitrogen and oxygen atoms in total. The first kappa shape index (κ1) is 25.0. The molecule has 1 aliphatic rings. The lowest BCUT2D eigenvalue weighted by molar-refractivity contribution is -0.133. The summed E-state index contributed by atoms with van der Waals surface area (Å²) in [5, 5.41) is 8.99. The molecule has 3 rings (SSSR count). The van der Waals surface area contributed by atoms with Gasteiger partial charge in [-0.15, -0.1) is 23.5 Å². The standard InChI is InChI=1S/C23H30N2O4S3/c1-4-5-9-19-14-25(18-10-7-6-8-11-18)20-13-21(30-3)17(15-31-16-23(26)27)12-22(20)32(28,29)24(19)2/h6-8,10-13,19H,4-5,9,14-16H2,1-3H3,(H,26,27)/t19-/m0/s1. The lowest BCUT2D eigenvalue weighted by Crippen LogP contribution is -2.40. The summed E-state index contributed by atoms with van der Waals surface area (Å²) < 4.78 is 28.9. The first-order valence-electron chi connectivity index (χ1n) is 10.6. The van der Waals surface area contributed by atoms with Crippen molar-refractivity contribution in [2.45, 2.75) is 47.8 Å². The second kappa shape index (κ2) is 11.0. The fourth-order valence-corrected chi connectivity index (χ4v) is 6.95. The number of thioether (sulfide) groups is 2. The first-order chi connectivity index (χ1) is 15.3. The van der Waals surface area contributed by atoms with Crippen LogP contribution in [0.4, 0.5) is 11.4 Å². The van der Waals surface area contributed by atoms with Crippen LogP contribution in [-0.2, 0) is 20.6 Å². The zero-order valence-corrected chi connectivity index (χ0v) is 21.1. The molecule has 0 aromatic heterocycles. The summed E-state index contributed by atoms with van der Waals surface area (Å²) in [6.45, 7) is 2.69. The molecule has 2 aromatic carbocycles. The summed E-state index contributed by atoms with van der Waals surface area (Å²) in [5.74, 6) is -0.455. The Balaban J connectivity index is 2.16. The molecule has 1 N–H and O–H groups in total. The summed E-state index contributed by atoms with van der Waals surface area (Å²) in [6, 6.07) is 13.5. The molecule has 0 bridgehead atoms. The molecule has 9 heteroatoms. The topological polar surface area (TPSA) is 77.9 Å². The number of carbonyl (C=O) groups is 1. The number of fused-ring (bicyclic) bond motifs is 1. The Labute approximate surface area is 199 Å². The van der Waals surface area contributed by atoms with Gasteiger partial charge in [-0.25, -0.2) is 8.42 Å². The van der Waals surface area contributed by atoms with Gasteiger partial charge in [0.15, 0.2) is 0 Å². The number of likely N-dealkylation sites (N-methyl/N-ethyl adjacent to an activating group) is 1. The summed E-state index contributed by atoms with van der Waals surface area (Å²) in [6.07, 6.45) is 4.71. The molecule has 1 aliphatic heterocycles. The summed E-state index contributed by atoms with van der Waals surface area (Å²) >= 11 is 2.83. The Morgan fingerprint density at radius 3 is 2.56 bits per heavy atom. The molecule has 0 aliphatic carbocycles. The van der Waals surface area contributed by atoms with E-state index in [9.17, 15) is 13.2 Å². The van der Waals surface area contributed by atoms with Crippen molar-refractivity contribution in [2.75, 3.05) is 30.5 Å². The van der Waals surface area contributed by atoms with E-state index in [4.69, 9.17) is 5.11 Å². The molecule has 0 amide bonds. The number of carboxylic acid groups (broad SMARTS) is 1. The highest BCUT2D eigenvalue weighted by Crippen LogP contribution is 2.41. The molecule has 2 aromatic rings. The van der Waals surface area contributed by atoms with Crippen LogP contribution in [0.25, 0.3) is 0 Å². The predicted molar refractivity (Wildman–Crippen MR) is 134 cm³/mol. The van der Waals surface area contributed by atoms with Crippen LogP contribution >= 0.6 is 23.5 Å². The monoisotopic (exact) mass is 494 g/mol. The van der Waals surface area contributed by atoms with E-state index >= 15 is 0 Å². The summed E-state index contributed by atoms with van der Waals surface area (Å²) in [4.78, 5) is 14.3. The Bertz CT molecular complexity index is 1040. The number of para-hydroxylation sites is 1. The summed E-state index contributed by atoms with van der Waals surface area (Å²) in [7, 11) is -2.03. The first-order valence-corrected chi connectivity index (χ1v) is 14.4. The third kappa shape index (κ3) is 5.44. The fourth-order valence-electron chi connectivity index (χ4n) is 3.90. The molecule has 1 heterocycles. The maximum Gasteiger partial charge on any atom is 0.313 e. The van der Waals surface area contributed by atoms with Crippen molar-refractivity contribution in [1.82, 2.24) is 4.31 Å². The van der Waals surface area contributed by atoms with Crippen molar-refractivity contribution in [2.24, 2.45) is 0 Å². The van der Waals surface area contributed by atoms with Gasteiger partial charge in [0.05, 0.1) is 11.4 Å². The van der Waals surface area contributed by atoms with Gasteiger partial charge in [0, 0.05) is 36.0 Å². The van der Waals surface area contributed by atoms with Crippen molar-refractivity contribution in [1.29, 1.82) is 0 Å². The fraction of sp³-hybridized carbons (Fsp3) is 0.435. The zero-order chi connectivity index (χ0) is 23.3. The number of hydrogen-bond acceptors (Lipinski definition) is 6. The van der Waals surface area contributed by atoms with Crippen LogP contribution in [0.1, 0.15) is 31.7 Å². The quantitative estimate of drug-likeness (QED) is 0.488. The third-order valence-electron chi connectivity index (χ3n) is 5.66. The maximum absolute atomic E-state index is 13.7. The van der Waals surface area contributed by atoms with Crippen molar-refractivity contribution in [3.8, 4) is 0 Å². The second-order valence-electron chi connectivity index (χ2n) is 7.78. The van der Waals surface area contributed by atoms with E-state index < -0.39 is 16.0 Å². The van der Waals surface area contributed by atoms with Gasteiger partial charge in [0.25, 0.3) is 0 Å². The Kier molecular flexibility index (Phi) is 8.55. The molecule has 0 saturated carbocycles. The number of unbranched alkanes of at least 4 members (excludes halogenated alkanes) is 1. The number of aliphatic carboxylic acids is 1. The summed E-state index contributed by atoms with van der Waals surface area (Å²) in [5.41, 5.74) is 2.48. The van der Waals surface area contributed by atoms with Gasteiger partial charge in [-0.3, -0.25) is 4.79 Å². The van der Waals surface area contributed by atoms with E-state index in [1.165, 1.54) is 16.1 Å². The van der Waals surface area contributed by atoms with Gasteiger partial charge in [-0.05, 0) is 42.5 Å². The van der Waals surface area contributed by atoms with E-state index in [1.54, 1.807) is 24.9 Å². The number of rotatable bonds is 9. The molecular formula is C23H30N2O4S3. The molecular weight excluding hydrogens is 464 g/mol. The van der Waals surface area contributed by atoms with E-state index in [-0.39, 0.29) is 16.7 Å². The molecule has 32 heavy (non-hydrogen) atoms. The molecule has 1 atom stereocenters. The number of carboxylic acids is 1. The maximum atomic E-state index is 13.7. The molecule has 0 radical (unpaired) electrons. The minimum atomic E-state index is -3.71. The number of hydrogen-bond donors (Lipinski definition) is 1. The number of nitrogens with zero attached hydrogens (tertiary/aromatic N) is 2. The average molecular weight is 495 g/mol. The van der Waals surface area contributed by atoms with Crippen molar-refractivity contribution >= 4 is 50.9 Å².